The molecule has 0 radical (unpaired) electrons. The van der Waals surface area contributed by atoms with Gasteiger partial charge in [0, 0.05) is 0 Å². The first kappa shape index (κ1) is 20.9. The topological polar surface area (TPSA) is 101 Å². The highest BCUT2D eigenvalue weighted by atomic mass is 35.5. The monoisotopic (exact) mass is 425 g/mol. The van der Waals surface area contributed by atoms with E-state index in [9.17, 15) is 22.8 Å². The third-order valence-corrected chi connectivity index (χ3v) is 3.54. The number of halogens is 5. The van der Waals surface area contributed by atoms with Gasteiger partial charge in [-0.2, -0.15) is 13.2 Å². The van der Waals surface area contributed by atoms with Gasteiger partial charge < -0.3 is 14.6 Å². The van der Waals surface area contributed by atoms with Crippen LogP contribution in [0.3, 0.4) is 0 Å². The number of nitrogens with zero attached hydrogens (tertiary/aromatic N) is 4. The van der Waals surface area contributed by atoms with Crippen molar-refractivity contribution < 1.29 is 27.5 Å². The van der Waals surface area contributed by atoms with E-state index in [4.69, 9.17) is 27.9 Å². The molecule has 1 N–H and O–H groups in total. The Morgan fingerprint density at radius 3 is 2.56 bits per heavy atom. The maximum atomic E-state index is 13.0. The molecule has 2 aromatic rings. The molecule has 0 atom stereocenters. The fourth-order valence-corrected chi connectivity index (χ4v) is 2.46. The summed E-state index contributed by atoms with van der Waals surface area (Å²) in [6.07, 6.45) is -2.63. The minimum Gasteiger partial charge on any atom is -0.461 e. The Labute approximate surface area is 160 Å². The summed E-state index contributed by atoms with van der Waals surface area (Å²) >= 11 is 11.3. The smallest absolute Gasteiger partial charge is 0.406 e. The zero-order chi connectivity index (χ0) is 20.2. The van der Waals surface area contributed by atoms with Crippen molar-refractivity contribution in [3.8, 4) is 0 Å². The van der Waals surface area contributed by atoms with Gasteiger partial charge in [0.25, 0.3) is 5.91 Å². The number of aromatic amines is 1. The van der Waals surface area contributed by atoms with E-state index in [-0.39, 0.29) is 23.1 Å². The van der Waals surface area contributed by atoms with Crippen molar-refractivity contribution in [2.75, 3.05) is 13.2 Å². The molecule has 0 aromatic carbocycles. The number of hydrogen-bond donors (Lipinski definition) is 1. The van der Waals surface area contributed by atoms with Crippen LogP contribution in [0, 0.1) is 0 Å². The van der Waals surface area contributed by atoms with Crippen molar-refractivity contribution in [3.63, 3.8) is 0 Å². The van der Waals surface area contributed by atoms with Crippen molar-refractivity contribution in [3.05, 3.63) is 39.9 Å². The van der Waals surface area contributed by atoms with Crippen LogP contribution in [-0.2, 0) is 11.3 Å². The Balaban J connectivity index is 2.34. The maximum Gasteiger partial charge on any atom is 0.406 e. The lowest BCUT2D eigenvalue weighted by molar-refractivity contribution is -0.141. The van der Waals surface area contributed by atoms with Crippen LogP contribution in [0.1, 0.15) is 33.6 Å². The summed E-state index contributed by atoms with van der Waals surface area (Å²) in [5.41, 5.74) is -0.781. The van der Waals surface area contributed by atoms with Crippen molar-refractivity contribution in [2.45, 2.75) is 19.6 Å². The third-order valence-electron chi connectivity index (χ3n) is 3.10. The summed E-state index contributed by atoms with van der Waals surface area (Å²) in [5, 5.41) is -0.577. The van der Waals surface area contributed by atoms with Gasteiger partial charge in [-0.15, -0.1) is 0 Å². The zero-order valence-electron chi connectivity index (χ0n) is 13.7. The third kappa shape index (κ3) is 5.54. The summed E-state index contributed by atoms with van der Waals surface area (Å²) in [7, 11) is 0. The number of carbonyl (C=O) groups excluding carboxylic acids is 2. The Morgan fingerprint density at radius 2 is 1.96 bits per heavy atom. The molecule has 2 aromatic heterocycles. The van der Waals surface area contributed by atoms with Gasteiger partial charge in [0.05, 0.1) is 31.4 Å². The summed E-state index contributed by atoms with van der Waals surface area (Å²) < 4.78 is 43.6. The van der Waals surface area contributed by atoms with Crippen LogP contribution in [0.25, 0.3) is 0 Å². The van der Waals surface area contributed by atoms with E-state index in [0.29, 0.717) is 4.90 Å². The van der Waals surface area contributed by atoms with Crippen LogP contribution in [0.15, 0.2) is 12.5 Å². The standard InChI is InChI=1S/C14H12Cl2F3N5O3/c1-2-27-13(26)9-7(21-6-22-9)4-24(5-14(17,18)19)12(25)10-11(16)23-8(15)3-20-10/h3,6H,2,4-5H2,1H3,(H,21,22). The van der Waals surface area contributed by atoms with E-state index in [2.05, 4.69) is 19.9 Å². The number of nitrogens with one attached hydrogen (secondary N) is 1. The highest BCUT2D eigenvalue weighted by molar-refractivity contribution is 6.34. The Bertz CT molecular complexity index is 844. The first-order valence-corrected chi connectivity index (χ1v) is 8.11. The molecule has 0 aliphatic rings. The molecule has 1 amide bonds. The number of H-pyrrole nitrogens is 1. The lowest BCUT2D eigenvalue weighted by Crippen LogP contribution is -2.39. The summed E-state index contributed by atoms with van der Waals surface area (Å²) in [4.78, 5) is 38.3. The number of ether oxygens (including phenoxy) is 1. The minimum absolute atomic E-state index is 0.0379. The summed E-state index contributed by atoms with van der Waals surface area (Å²) in [5.74, 6) is -1.98. The Hall–Kier alpha value is -2.40. The zero-order valence-corrected chi connectivity index (χ0v) is 15.2. The number of carbonyl (C=O) groups is 2. The largest absolute Gasteiger partial charge is 0.461 e. The van der Waals surface area contributed by atoms with Gasteiger partial charge in [-0.05, 0) is 6.92 Å². The lowest BCUT2D eigenvalue weighted by atomic mass is 10.2. The van der Waals surface area contributed by atoms with E-state index < -0.39 is 42.0 Å². The van der Waals surface area contributed by atoms with Gasteiger partial charge in [-0.25, -0.2) is 19.7 Å². The number of hydrogen-bond acceptors (Lipinski definition) is 6. The number of amides is 1. The van der Waals surface area contributed by atoms with E-state index in [0.717, 1.165) is 12.5 Å². The van der Waals surface area contributed by atoms with E-state index in [1.165, 1.54) is 0 Å². The molecule has 2 heterocycles. The first-order valence-electron chi connectivity index (χ1n) is 7.35. The van der Waals surface area contributed by atoms with Crippen LogP contribution in [0.4, 0.5) is 13.2 Å². The highest BCUT2D eigenvalue weighted by Gasteiger charge is 2.35. The Kier molecular flexibility index (Phi) is 6.60. The number of rotatable bonds is 6. The molecule has 2 rings (SSSR count). The van der Waals surface area contributed by atoms with E-state index in [1.54, 1.807) is 6.92 Å². The average molecular weight is 426 g/mol. The number of alkyl halides is 3. The van der Waals surface area contributed by atoms with Crippen molar-refractivity contribution >= 4 is 35.1 Å². The molecule has 0 unspecified atom stereocenters. The molecule has 0 saturated carbocycles. The molecule has 0 spiro atoms. The van der Waals surface area contributed by atoms with Crippen molar-refractivity contribution in [2.24, 2.45) is 0 Å². The SMILES string of the molecule is CCOC(=O)c1nc[nH]c1CN(CC(F)(F)F)C(=O)c1ncc(Cl)nc1Cl. The highest BCUT2D eigenvalue weighted by Crippen LogP contribution is 2.22. The quantitative estimate of drug-likeness (QED) is 0.713. The van der Waals surface area contributed by atoms with E-state index >= 15 is 0 Å². The number of aromatic nitrogens is 4. The fraction of sp³-hybridized carbons (Fsp3) is 0.357. The summed E-state index contributed by atoms with van der Waals surface area (Å²) in [6.45, 7) is -0.627. The van der Waals surface area contributed by atoms with Gasteiger partial charge in [0.15, 0.2) is 16.5 Å². The molecule has 13 heteroatoms. The molecular formula is C14H12Cl2F3N5O3. The van der Waals surface area contributed by atoms with Crippen molar-refractivity contribution in [1.82, 2.24) is 24.8 Å². The van der Waals surface area contributed by atoms with Crippen LogP contribution in [0.5, 0.6) is 0 Å². The minimum atomic E-state index is -4.72. The molecule has 0 fully saturated rings. The number of esters is 1. The average Bonchev–Trinajstić information content (AvgIpc) is 3.01. The van der Waals surface area contributed by atoms with Crippen LogP contribution < -0.4 is 0 Å². The van der Waals surface area contributed by atoms with Gasteiger partial charge in [0.1, 0.15) is 11.7 Å². The molecule has 0 aliphatic carbocycles. The van der Waals surface area contributed by atoms with Crippen LogP contribution in [-0.4, -0.2) is 56.0 Å². The van der Waals surface area contributed by atoms with Gasteiger partial charge >= 0.3 is 12.1 Å². The maximum absolute atomic E-state index is 13.0. The molecule has 0 bridgehead atoms. The fourth-order valence-electron chi connectivity index (χ4n) is 2.06. The molecule has 146 valence electrons. The first-order chi connectivity index (χ1) is 12.6. The van der Waals surface area contributed by atoms with Crippen molar-refractivity contribution in [1.29, 1.82) is 0 Å². The second kappa shape index (κ2) is 8.53. The predicted molar refractivity (Wildman–Crippen MR) is 87.4 cm³/mol. The predicted octanol–water partition coefficient (Wildman–Crippen LogP) is 2.89. The molecule has 0 saturated heterocycles. The second-order valence-corrected chi connectivity index (χ2v) is 5.80. The van der Waals surface area contributed by atoms with Crippen LogP contribution in [0.2, 0.25) is 10.3 Å². The van der Waals surface area contributed by atoms with Crippen LogP contribution >= 0.6 is 23.2 Å². The van der Waals surface area contributed by atoms with E-state index in [1.807, 2.05) is 0 Å². The molecular weight excluding hydrogens is 414 g/mol. The second-order valence-electron chi connectivity index (χ2n) is 5.06. The van der Waals surface area contributed by atoms with Gasteiger partial charge in [0.2, 0.25) is 0 Å². The number of imidazole rings is 1. The molecule has 0 aliphatic heterocycles. The normalized spacial score (nSPS) is 11.3. The molecule has 27 heavy (non-hydrogen) atoms. The Morgan fingerprint density at radius 1 is 1.26 bits per heavy atom. The molecule has 8 nitrogen and oxygen atoms in total. The van der Waals surface area contributed by atoms with Gasteiger partial charge in [-0.3, -0.25) is 4.79 Å². The summed E-state index contributed by atoms with van der Waals surface area (Å²) in [6, 6.07) is 0. The lowest BCUT2D eigenvalue weighted by Gasteiger charge is -2.23. The van der Waals surface area contributed by atoms with Gasteiger partial charge in [-0.1, -0.05) is 23.2 Å².